The molecule has 2 aliphatic rings. The van der Waals surface area contributed by atoms with Crippen molar-refractivity contribution in [3.8, 4) is 0 Å². The summed E-state index contributed by atoms with van der Waals surface area (Å²) < 4.78 is 27.4. The fourth-order valence-electron chi connectivity index (χ4n) is 4.12. The number of carbonyl (C=O) groups excluding carboxylic acids is 2. The van der Waals surface area contributed by atoms with E-state index in [1.807, 2.05) is 0 Å². The Morgan fingerprint density at radius 3 is 2.32 bits per heavy atom. The highest BCUT2D eigenvalue weighted by Gasteiger charge is 2.39. The van der Waals surface area contributed by atoms with Gasteiger partial charge in [-0.1, -0.05) is 23.7 Å². The van der Waals surface area contributed by atoms with E-state index in [1.165, 1.54) is 28.6 Å². The van der Waals surface area contributed by atoms with E-state index >= 15 is 0 Å². The minimum absolute atomic E-state index is 0.0983. The van der Waals surface area contributed by atoms with Crippen molar-refractivity contribution >= 4 is 39.1 Å². The van der Waals surface area contributed by atoms with Gasteiger partial charge in [0.25, 0.3) is 5.91 Å². The average Bonchev–Trinajstić information content (AvgIpc) is 3.46. The largest absolute Gasteiger partial charge is 0.339 e. The number of hydrogen-bond donors (Lipinski definition) is 1. The molecular formula is C22H24ClN3O4S. The number of likely N-dealkylation sites (tertiary alicyclic amines) is 1. The third-order valence-electron chi connectivity index (χ3n) is 5.74. The molecule has 1 N–H and O–H groups in total. The zero-order chi connectivity index (χ0) is 22.0. The molecular weight excluding hydrogens is 438 g/mol. The van der Waals surface area contributed by atoms with Gasteiger partial charge in [-0.2, -0.15) is 4.31 Å². The highest BCUT2D eigenvalue weighted by Crippen LogP contribution is 2.28. The zero-order valence-electron chi connectivity index (χ0n) is 17.0. The SMILES string of the molecule is O=C(Nc1ccccc1C(=O)N1CCCC1)[C@H]1CCCN1S(=O)(=O)c1ccc(Cl)cc1. The number of sulfonamides is 1. The van der Waals surface area contributed by atoms with Crippen LogP contribution in [0.15, 0.2) is 53.4 Å². The van der Waals surface area contributed by atoms with Crippen LogP contribution in [0, 0.1) is 0 Å². The third-order valence-corrected chi connectivity index (χ3v) is 7.91. The van der Waals surface area contributed by atoms with Crippen molar-refractivity contribution in [3.63, 3.8) is 0 Å². The Balaban J connectivity index is 1.55. The smallest absolute Gasteiger partial charge is 0.255 e. The van der Waals surface area contributed by atoms with E-state index in [2.05, 4.69) is 5.32 Å². The molecule has 2 aliphatic heterocycles. The van der Waals surface area contributed by atoms with Crippen molar-refractivity contribution in [2.45, 2.75) is 36.6 Å². The van der Waals surface area contributed by atoms with Gasteiger partial charge in [0.15, 0.2) is 0 Å². The number of benzene rings is 2. The lowest BCUT2D eigenvalue weighted by atomic mass is 10.1. The molecule has 0 aromatic heterocycles. The van der Waals surface area contributed by atoms with Crippen LogP contribution in [0.2, 0.25) is 5.02 Å². The first-order chi connectivity index (χ1) is 14.9. The molecule has 164 valence electrons. The van der Waals surface area contributed by atoms with Crippen molar-refractivity contribution < 1.29 is 18.0 Å². The number of para-hydroxylation sites is 1. The van der Waals surface area contributed by atoms with Crippen LogP contribution in [0.1, 0.15) is 36.0 Å². The average molecular weight is 462 g/mol. The number of hydrogen-bond acceptors (Lipinski definition) is 4. The summed E-state index contributed by atoms with van der Waals surface area (Å²) in [5.41, 5.74) is 0.822. The summed E-state index contributed by atoms with van der Waals surface area (Å²) in [6.45, 7) is 1.67. The van der Waals surface area contributed by atoms with E-state index in [0.717, 1.165) is 12.8 Å². The van der Waals surface area contributed by atoms with Gasteiger partial charge in [-0.05, 0) is 62.1 Å². The summed E-state index contributed by atoms with van der Waals surface area (Å²) in [6.07, 6.45) is 2.94. The quantitative estimate of drug-likeness (QED) is 0.739. The van der Waals surface area contributed by atoms with Crippen LogP contribution in [0.25, 0.3) is 0 Å². The van der Waals surface area contributed by atoms with Crippen molar-refractivity contribution in [3.05, 3.63) is 59.1 Å². The van der Waals surface area contributed by atoms with E-state index < -0.39 is 22.0 Å². The van der Waals surface area contributed by atoms with Crippen LogP contribution in [0.4, 0.5) is 5.69 Å². The van der Waals surface area contributed by atoms with E-state index in [1.54, 1.807) is 29.2 Å². The maximum atomic E-state index is 13.1. The van der Waals surface area contributed by atoms with Crippen molar-refractivity contribution in [1.29, 1.82) is 0 Å². The Hall–Kier alpha value is -2.42. The standard InChI is InChI=1S/C22H24ClN3O4S/c23-16-9-11-17(12-10-16)31(29,30)26-15-5-8-20(26)21(27)24-19-7-2-1-6-18(19)22(28)25-13-3-4-14-25/h1-2,6-7,9-12,20H,3-5,8,13-15H2,(H,24,27)/t20-/m1/s1. The van der Waals surface area contributed by atoms with E-state index in [9.17, 15) is 18.0 Å². The normalized spacial score (nSPS) is 19.5. The lowest BCUT2D eigenvalue weighted by Gasteiger charge is -2.24. The molecule has 0 aliphatic carbocycles. The Kier molecular flexibility index (Phi) is 6.31. The zero-order valence-corrected chi connectivity index (χ0v) is 18.5. The lowest BCUT2D eigenvalue weighted by Crippen LogP contribution is -2.43. The van der Waals surface area contributed by atoms with Gasteiger partial charge < -0.3 is 10.2 Å². The third kappa shape index (κ3) is 4.46. The maximum absolute atomic E-state index is 13.1. The highest BCUT2D eigenvalue weighted by molar-refractivity contribution is 7.89. The Morgan fingerprint density at radius 2 is 1.61 bits per heavy atom. The highest BCUT2D eigenvalue weighted by atomic mass is 35.5. The van der Waals surface area contributed by atoms with Gasteiger partial charge in [0.2, 0.25) is 15.9 Å². The van der Waals surface area contributed by atoms with Gasteiger partial charge in [0.1, 0.15) is 6.04 Å². The van der Waals surface area contributed by atoms with Gasteiger partial charge in [-0.3, -0.25) is 9.59 Å². The summed E-state index contributed by atoms with van der Waals surface area (Å²) in [4.78, 5) is 27.8. The van der Waals surface area contributed by atoms with E-state index in [4.69, 9.17) is 11.6 Å². The van der Waals surface area contributed by atoms with Gasteiger partial charge >= 0.3 is 0 Å². The summed E-state index contributed by atoms with van der Waals surface area (Å²) in [5.74, 6) is -0.554. The van der Waals surface area contributed by atoms with E-state index in [-0.39, 0.29) is 17.3 Å². The summed E-state index contributed by atoms with van der Waals surface area (Å²) in [6, 6.07) is 11.9. The molecule has 2 heterocycles. The minimum Gasteiger partial charge on any atom is -0.339 e. The second-order valence-electron chi connectivity index (χ2n) is 7.76. The van der Waals surface area contributed by atoms with Crippen LogP contribution in [0.5, 0.6) is 0 Å². The topological polar surface area (TPSA) is 86.8 Å². The molecule has 0 saturated carbocycles. The fraction of sp³-hybridized carbons (Fsp3) is 0.364. The number of carbonyl (C=O) groups is 2. The number of halogens is 1. The first kappa shape index (κ1) is 21.8. The van der Waals surface area contributed by atoms with Gasteiger partial charge in [-0.15, -0.1) is 0 Å². The molecule has 4 rings (SSSR count). The molecule has 2 amide bonds. The number of anilines is 1. The van der Waals surface area contributed by atoms with Gasteiger partial charge in [-0.25, -0.2) is 8.42 Å². The second-order valence-corrected chi connectivity index (χ2v) is 10.1. The molecule has 0 bridgehead atoms. The van der Waals surface area contributed by atoms with Crippen LogP contribution < -0.4 is 5.32 Å². The summed E-state index contributed by atoms with van der Waals surface area (Å²) in [7, 11) is -3.84. The molecule has 2 aromatic rings. The Labute approximate surface area is 187 Å². The molecule has 31 heavy (non-hydrogen) atoms. The summed E-state index contributed by atoms with van der Waals surface area (Å²) in [5, 5.41) is 3.24. The predicted octanol–water partition coefficient (Wildman–Crippen LogP) is 3.37. The van der Waals surface area contributed by atoms with Crippen molar-refractivity contribution in [2.24, 2.45) is 0 Å². The number of nitrogens with one attached hydrogen (secondary N) is 1. The van der Waals surface area contributed by atoms with Crippen LogP contribution >= 0.6 is 11.6 Å². The molecule has 9 heteroatoms. The minimum atomic E-state index is -3.84. The fourth-order valence-corrected chi connectivity index (χ4v) is 5.90. The van der Waals surface area contributed by atoms with Gasteiger partial charge in [0, 0.05) is 24.7 Å². The van der Waals surface area contributed by atoms with Crippen molar-refractivity contribution in [1.82, 2.24) is 9.21 Å². The first-order valence-electron chi connectivity index (χ1n) is 10.3. The number of nitrogens with zero attached hydrogens (tertiary/aromatic N) is 2. The molecule has 2 saturated heterocycles. The lowest BCUT2D eigenvalue weighted by molar-refractivity contribution is -0.119. The first-order valence-corrected chi connectivity index (χ1v) is 12.2. The summed E-state index contributed by atoms with van der Waals surface area (Å²) >= 11 is 5.87. The molecule has 0 unspecified atom stereocenters. The monoisotopic (exact) mass is 461 g/mol. The molecule has 0 radical (unpaired) electrons. The Bertz CT molecular complexity index is 1080. The van der Waals surface area contributed by atoms with Crippen LogP contribution in [-0.2, 0) is 14.8 Å². The van der Waals surface area contributed by atoms with E-state index in [0.29, 0.717) is 42.2 Å². The maximum Gasteiger partial charge on any atom is 0.255 e. The molecule has 0 spiro atoms. The molecule has 2 fully saturated rings. The van der Waals surface area contributed by atoms with Gasteiger partial charge in [0.05, 0.1) is 16.1 Å². The number of rotatable bonds is 5. The number of amides is 2. The predicted molar refractivity (Wildman–Crippen MR) is 119 cm³/mol. The van der Waals surface area contributed by atoms with Crippen molar-refractivity contribution in [2.75, 3.05) is 25.0 Å². The second kappa shape index (κ2) is 8.98. The molecule has 2 aromatic carbocycles. The van der Waals surface area contributed by atoms with Crippen LogP contribution in [0.3, 0.4) is 0 Å². The Morgan fingerprint density at radius 1 is 0.935 bits per heavy atom. The molecule has 7 nitrogen and oxygen atoms in total. The van der Waals surface area contributed by atoms with Crippen LogP contribution in [-0.4, -0.2) is 55.1 Å². The molecule has 1 atom stereocenters.